The van der Waals surface area contributed by atoms with Gasteiger partial charge in [0.1, 0.15) is 5.75 Å². The third-order valence-electron chi connectivity index (χ3n) is 3.59. The number of ether oxygens (including phenoxy) is 2. The van der Waals surface area contributed by atoms with Crippen LogP contribution in [0.2, 0.25) is 5.02 Å². The Balaban J connectivity index is 1.81. The summed E-state index contributed by atoms with van der Waals surface area (Å²) in [5.74, 6) is 0.463. The van der Waals surface area contributed by atoms with Gasteiger partial charge in [-0.15, -0.1) is 0 Å². The van der Waals surface area contributed by atoms with Crippen LogP contribution in [0, 0.1) is 0 Å². The number of nitrogens with zero attached hydrogens (tertiary/aromatic N) is 1. The van der Waals surface area contributed by atoms with E-state index in [1.165, 1.54) is 0 Å². The van der Waals surface area contributed by atoms with Crippen LogP contribution in [0.3, 0.4) is 0 Å². The number of benzene rings is 1. The molecule has 2 rings (SSSR count). The Bertz CT molecular complexity index is 538. The number of nitrogens with one attached hydrogen (secondary N) is 1. The molecule has 1 aliphatic rings. The highest BCUT2D eigenvalue weighted by atomic mass is 79.9. The summed E-state index contributed by atoms with van der Waals surface area (Å²) in [4.78, 5) is 14.5. The lowest BCUT2D eigenvalue weighted by Crippen LogP contribution is -2.48. The second-order valence-corrected chi connectivity index (χ2v) is 6.95. The van der Waals surface area contributed by atoms with Crippen molar-refractivity contribution in [2.24, 2.45) is 0 Å². The van der Waals surface area contributed by atoms with Crippen molar-refractivity contribution in [1.29, 1.82) is 0 Å². The second-order valence-electron chi connectivity index (χ2n) is 5.66. The fourth-order valence-electron chi connectivity index (χ4n) is 2.39. The van der Waals surface area contributed by atoms with Crippen molar-refractivity contribution in [1.82, 2.24) is 10.2 Å². The highest BCUT2D eigenvalue weighted by Crippen LogP contribution is 2.28. The maximum Gasteiger partial charge on any atom is 0.261 e. The Morgan fingerprint density at radius 1 is 1.43 bits per heavy atom. The molecule has 1 aromatic rings. The molecule has 5 nitrogen and oxygen atoms in total. The van der Waals surface area contributed by atoms with E-state index in [1.807, 2.05) is 6.92 Å². The Labute approximate surface area is 150 Å². The molecule has 1 heterocycles. The van der Waals surface area contributed by atoms with Crippen LogP contribution in [0.4, 0.5) is 0 Å². The monoisotopic (exact) mass is 404 g/mol. The van der Waals surface area contributed by atoms with Gasteiger partial charge in [0.25, 0.3) is 5.91 Å². The predicted molar refractivity (Wildman–Crippen MR) is 94.1 cm³/mol. The highest BCUT2D eigenvalue weighted by molar-refractivity contribution is 9.10. The Morgan fingerprint density at radius 2 is 2.13 bits per heavy atom. The number of halogens is 2. The van der Waals surface area contributed by atoms with E-state index in [1.54, 1.807) is 25.1 Å². The molecule has 7 heteroatoms. The van der Waals surface area contributed by atoms with Gasteiger partial charge >= 0.3 is 0 Å². The van der Waals surface area contributed by atoms with Gasteiger partial charge in [-0.2, -0.15) is 0 Å². The van der Waals surface area contributed by atoms with Crippen LogP contribution < -0.4 is 10.1 Å². The van der Waals surface area contributed by atoms with Gasteiger partial charge in [0.2, 0.25) is 0 Å². The summed E-state index contributed by atoms with van der Waals surface area (Å²) in [7, 11) is 0. The first-order valence-electron chi connectivity index (χ1n) is 7.68. The van der Waals surface area contributed by atoms with Crippen LogP contribution in [0.15, 0.2) is 22.7 Å². The number of hydrogen-bond donors (Lipinski definition) is 1. The molecule has 0 bridgehead atoms. The molecule has 1 N–H and O–H groups in total. The van der Waals surface area contributed by atoms with Crippen LogP contribution in [0.25, 0.3) is 0 Å². The van der Waals surface area contributed by atoms with E-state index < -0.39 is 6.10 Å². The fourth-order valence-corrected chi connectivity index (χ4v) is 3.17. The van der Waals surface area contributed by atoms with Gasteiger partial charge in [-0.25, -0.2) is 0 Å². The van der Waals surface area contributed by atoms with Crippen molar-refractivity contribution in [3.8, 4) is 5.75 Å². The van der Waals surface area contributed by atoms with E-state index in [-0.39, 0.29) is 11.9 Å². The molecule has 1 aliphatic heterocycles. The summed E-state index contributed by atoms with van der Waals surface area (Å²) < 4.78 is 11.8. The van der Waals surface area contributed by atoms with Crippen molar-refractivity contribution < 1.29 is 14.3 Å². The molecule has 0 spiro atoms. The van der Waals surface area contributed by atoms with E-state index in [4.69, 9.17) is 21.1 Å². The molecule has 23 heavy (non-hydrogen) atoms. The topological polar surface area (TPSA) is 50.8 Å². The maximum absolute atomic E-state index is 12.3. The van der Waals surface area contributed by atoms with E-state index in [0.29, 0.717) is 10.8 Å². The minimum Gasteiger partial charge on any atom is -0.480 e. The molecule has 1 amide bonds. The maximum atomic E-state index is 12.3. The Morgan fingerprint density at radius 3 is 2.78 bits per heavy atom. The molecular formula is C16H22BrClN2O3. The van der Waals surface area contributed by atoms with Crippen LogP contribution in [0.5, 0.6) is 5.75 Å². The molecule has 0 aromatic heterocycles. The first-order valence-corrected chi connectivity index (χ1v) is 8.85. The lowest BCUT2D eigenvalue weighted by atomic mass is 10.2. The van der Waals surface area contributed by atoms with Gasteiger partial charge in [0.05, 0.1) is 17.7 Å². The van der Waals surface area contributed by atoms with Crippen LogP contribution in [-0.4, -0.2) is 55.8 Å². The number of amides is 1. The number of carbonyl (C=O) groups is 1. The van der Waals surface area contributed by atoms with Gasteiger partial charge in [-0.05, 0) is 48.0 Å². The number of carbonyl (C=O) groups excluding carboxylic acids is 1. The van der Waals surface area contributed by atoms with Gasteiger partial charge in [-0.1, -0.05) is 11.6 Å². The largest absolute Gasteiger partial charge is 0.480 e. The number of hydrogen-bond acceptors (Lipinski definition) is 4. The first kappa shape index (κ1) is 18.5. The molecule has 1 saturated heterocycles. The van der Waals surface area contributed by atoms with E-state index in [9.17, 15) is 4.79 Å². The molecule has 0 unspecified atom stereocenters. The number of rotatable bonds is 6. The molecule has 0 saturated carbocycles. The summed E-state index contributed by atoms with van der Waals surface area (Å²) in [6.07, 6.45) is -0.584. The van der Waals surface area contributed by atoms with Crippen LogP contribution in [0.1, 0.15) is 13.8 Å². The Kier molecular flexibility index (Phi) is 7.14. The molecule has 0 radical (unpaired) electrons. The third kappa shape index (κ3) is 5.95. The smallest absolute Gasteiger partial charge is 0.261 e. The van der Waals surface area contributed by atoms with Crippen molar-refractivity contribution >= 4 is 33.4 Å². The average molecular weight is 406 g/mol. The first-order chi connectivity index (χ1) is 11.0. The zero-order chi connectivity index (χ0) is 16.8. The molecule has 0 aliphatic carbocycles. The summed E-state index contributed by atoms with van der Waals surface area (Å²) >= 11 is 9.28. The quantitative estimate of drug-likeness (QED) is 0.790. The second kappa shape index (κ2) is 8.87. The molecule has 1 fully saturated rings. The van der Waals surface area contributed by atoms with Gasteiger partial charge in [-0.3, -0.25) is 9.69 Å². The third-order valence-corrected chi connectivity index (χ3v) is 4.45. The van der Waals surface area contributed by atoms with Crippen molar-refractivity contribution in [3.63, 3.8) is 0 Å². The summed E-state index contributed by atoms with van der Waals surface area (Å²) in [5.41, 5.74) is 0. The minimum atomic E-state index is -0.584. The van der Waals surface area contributed by atoms with Crippen LogP contribution >= 0.6 is 27.5 Å². The molecule has 1 aromatic carbocycles. The average Bonchev–Trinajstić information content (AvgIpc) is 2.50. The Hall–Kier alpha value is -0.820. The van der Waals surface area contributed by atoms with Gasteiger partial charge in [0, 0.05) is 30.7 Å². The summed E-state index contributed by atoms with van der Waals surface area (Å²) in [6.45, 7) is 7.87. The lowest BCUT2D eigenvalue weighted by molar-refractivity contribution is -0.128. The zero-order valence-corrected chi connectivity index (χ0v) is 15.7. The lowest BCUT2D eigenvalue weighted by Gasteiger charge is -2.29. The van der Waals surface area contributed by atoms with E-state index in [0.717, 1.165) is 37.3 Å². The van der Waals surface area contributed by atoms with E-state index >= 15 is 0 Å². The minimum absolute atomic E-state index is 0.0558. The molecule has 128 valence electrons. The predicted octanol–water partition coefficient (Wildman–Crippen LogP) is 2.71. The summed E-state index contributed by atoms with van der Waals surface area (Å²) in [6, 6.07) is 5.27. The standard InChI is InChI=1S/C16H22BrClN2O3/c1-11(10-20-5-7-22-8-6-20)19-16(21)12(2)23-15-4-3-13(18)9-14(15)17/h3-4,9,11-12H,5-8,10H2,1-2H3,(H,19,21)/t11-,12-/m0/s1. The van der Waals surface area contributed by atoms with Crippen molar-refractivity contribution in [2.45, 2.75) is 26.0 Å². The summed E-state index contributed by atoms with van der Waals surface area (Å²) in [5, 5.41) is 3.60. The van der Waals surface area contributed by atoms with Crippen molar-refractivity contribution in [3.05, 3.63) is 27.7 Å². The normalized spacial score (nSPS) is 18.3. The highest BCUT2D eigenvalue weighted by Gasteiger charge is 2.20. The van der Waals surface area contributed by atoms with Gasteiger partial charge in [0.15, 0.2) is 6.10 Å². The SMILES string of the molecule is C[C@H](Oc1ccc(Cl)cc1Br)C(=O)N[C@@H](C)CN1CCOCC1. The van der Waals surface area contributed by atoms with Gasteiger partial charge < -0.3 is 14.8 Å². The zero-order valence-electron chi connectivity index (χ0n) is 13.4. The van der Waals surface area contributed by atoms with E-state index in [2.05, 4.69) is 26.1 Å². The van der Waals surface area contributed by atoms with Crippen LogP contribution in [-0.2, 0) is 9.53 Å². The fraction of sp³-hybridized carbons (Fsp3) is 0.562. The number of morpholine rings is 1. The molecule has 2 atom stereocenters. The molecular weight excluding hydrogens is 384 g/mol. The van der Waals surface area contributed by atoms with Crippen molar-refractivity contribution in [2.75, 3.05) is 32.8 Å².